The summed E-state index contributed by atoms with van der Waals surface area (Å²) in [5.74, 6) is 0. The van der Waals surface area contributed by atoms with E-state index in [1.807, 2.05) is 0 Å². The number of aryl methyl sites for hydroxylation is 2. The second-order valence-corrected chi connectivity index (χ2v) is 28.5. The number of hydrogen-bond donors (Lipinski definition) is 0. The van der Waals surface area contributed by atoms with Gasteiger partial charge < -0.3 is 14.4 Å². The van der Waals surface area contributed by atoms with Crippen molar-refractivity contribution < 1.29 is 0 Å². The molecule has 0 saturated carbocycles. The van der Waals surface area contributed by atoms with E-state index in [2.05, 4.69) is 377 Å². The van der Waals surface area contributed by atoms with Gasteiger partial charge in [0.25, 0.3) is 6.71 Å². The number of nitrogens with zero attached hydrogens (tertiary/aromatic N) is 5. The van der Waals surface area contributed by atoms with Crippen molar-refractivity contribution in [2.45, 2.75) is 52.4 Å². The molecule has 12 aromatic carbocycles. The summed E-state index contributed by atoms with van der Waals surface area (Å²) in [5.41, 5.74) is 31.7. The van der Waals surface area contributed by atoms with E-state index in [1.165, 1.54) is 79.6 Å². The van der Waals surface area contributed by atoms with Crippen molar-refractivity contribution in [3.05, 3.63) is 322 Å². The first-order chi connectivity index (χ1) is 48.3. The molecule has 0 spiro atoms. The fourth-order valence-electron chi connectivity index (χ4n) is 15.2. The average molecular weight is 1480 g/mol. The lowest BCUT2D eigenvalue weighted by atomic mass is 9.33. The minimum Gasteiger partial charge on any atom is -0.311 e. The summed E-state index contributed by atoms with van der Waals surface area (Å²) in [7, 11) is 0. The third-order valence-electron chi connectivity index (χ3n) is 19.7. The van der Waals surface area contributed by atoms with Crippen LogP contribution in [0.15, 0.2) is 303 Å². The lowest BCUT2D eigenvalue weighted by Gasteiger charge is -2.44. The van der Waals surface area contributed by atoms with E-state index in [-0.39, 0.29) is 6.71 Å². The molecule has 5 nitrogen and oxygen atoms in total. The summed E-state index contributed by atoms with van der Waals surface area (Å²) in [6.45, 7) is 4.59. The zero-order chi connectivity index (χ0) is 65.8. The minimum absolute atomic E-state index is 0.00278. The van der Waals surface area contributed by atoms with Crippen LogP contribution in [-0.4, -0.2) is 21.2 Å². The Morgan fingerprint density at radius 3 is 1.23 bits per heavy atom. The molecule has 8 heteroatoms. The molecule has 0 unspecified atom stereocenters. The molecule has 17 rings (SSSR count). The van der Waals surface area contributed by atoms with Gasteiger partial charge in [-0.25, -0.2) is 9.97 Å². The highest BCUT2D eigenvalue weighted by Gasteiger charge is 2.44. The van der Waals surface area contributed by atoms with Gasteiger partial charge in [0.2, 0.25) is 0 Å². The number of pyridine rings is 2. The number of hydrogen-bond acceptors (Lipinski definition) is 4. The first kappa shape index (κ1) is 61.5. The zero-order valence-electron chi connectivity index (χ0n) is 54.7. The van der Waals surface area contributed by atoms with E-state index in [9.17, 15) is 0 Å². The molecule has 0 atom stereocenters. The maximum atomic E-state index is 5.43. The summed E-state index contributed by atoms with van der Waals surface area (Å²) in [6, 6.07) is 113. The largest absolute Gasteiger partial charge is 0.311 e. The SMILES string of the molecule is CCCCc1cc(I)cc(N2c3ccccc3B3c4ccccc4N(c4cc(I)cc(CCCC)c4)c4cc(-c5ccc6c(c5)c5ccccc5n6-c5ccc(-c6cc(-c7ccccc7)nc(-c7ccccc7)c6)cc5-c5cc(-c6ccccc6)nc(-c6ccccc6)c5)cc2c43)c1. The fraction of sp³-hybridized carbons (Fsp3) is 0.0889. The van der Waals surface area contributed by atoms with Crippen molar-refractivity contribution in [1.29, 1.82) is 0 Å². The van der Waals surface area contributed by atoms with Crippen molar-refractivity contribution in [3.8, 4) is 84.1 Å². The van der Waals surface area contributed by atoms with Crippen LogP contribution in [0.4, 0.5) is 34.1 Å². The minimum atomic E-state index is 0.00278. The van der Waals surface area contributed by atoms with Gasteiger partial charge in [0, 0.05) is 79.9 Å². The van der Waals surface area contributed by atoms with E-state index < -0.39 is 0 Å². The number of benzene rings is 12. The molecule has 5 heterocycles. The summed E-state index contributed by atoms with van der Waals surface area (Å²) >= 11 is 5.10. The standard InChI is InChI=1S/C90H68BI2N5/c1-3-5-25-59-45-70(92)57-72(47-59)96-86-39-23-20-36-77(86)91-78-37-21-24-40-87(78)97(73-48-60(26-6-4-2)46-71(93)58-73)89-56-68(55-88(96)90(89)91)66-42-44-85-76(50-66)74-35-19-22-38-83(74)98(85)84-43-41-65(67-51-79(61-27-11-7-12-28-61)94-80(52-67)62-29-13-8-14-30-62)49-75(84)69-53-81(63-31-15-9-16-32-63)95-82(54-69)64-33-17-10-18-34-64/h7-24,27-58H,3-6,25-26H2,1-2H3. The highest BCUT2D eigenvalue weighted by Crippen LogP contribution is 2.49. The van der Waals surface area contributed by atoms with Gasteiger partial charge in [0.1, 0.15) is 0 Å². The topological polar surface area (TPSA) is 37.2 Å². The lowest BCUT2D eigenvalue weighted by molar-refractivity contribution is 0.794. The molecule has 2 aliphatic rings. The van der Waals surface area contributed by atoms with E-state index in [0.717, 1.165) is 134 Å². The van der Waals surface area contributed by atoms with Gasteiger partial charge in [0.05, 0.1) is 39.5 Å². The molecule has 0 amide bonds. The van der Waals surface area contributed by atoms with Gasteiger partial charge >= 0.3 is 0 Å². The molecular weight excluding hydrogens is 1420 g/mol. The quantitative estimate of drug-likeness (QED) is 0.0714. The Hall–Kier alpha value is -10.1. The molecule has 0 N–H and O–H groups in total. The third kappa shape index (κ3) is 11.4. The van der Waals surface area contributed by atoms with Gasteiger partial charge in [-0.1, -0.05) is 215 Å². The molecule has 0 saturated heterocycles. The Kier molecular flexibility index (Phi) is 16.5. The van der Waals surface area contributed by atoms with Gasteiger partial charge in [-0.15, -0.1) is 0 Å². The number of rotatable bonds is 16. The van der Waals surface area contributed by atoms with Crippen LogP contribution in [-0.2, 0) is 12.8 Å². The third-order valence-corrected chi connectivity index (χ3v) is 21.0. The first-order valence-corrected chi connectivity index (χ1v) is 36.5. The van der Waals surface area contributed by atoms with Crippen molar-refractivity contribution in [2.75, 3.05) is 9.80 Å². The summed E-state index contributed by atoms with van der Waals surface area (Å²) in [5, 5.41) is 2.36. The molecule has 0 aliphatic carbocycles. The van der Waals surface area contributed by atoms with Crippen molar-refractivity contribution >= 4 is 124 Å². The first-order valence-electron chi connectivity index (χ1n) is 34.3. The monoisotopic (exact) mass is 1480 g/mol. The average Bonchev–Trinajstić information content (AvgIpc) is 0.769. The Morgan fingerprint density at radius 1 is 0.316 bits per heavy atom. The van der Waals surface area contributed by atoms with E-state index >= 15 is 0 Å². The lowest BCUT2D eigenvalue weighted by Crippen LogP contribution is -2.61. The number of fused-ring (bicyclic) bond motifs is 7. The number of anilines is 6. The maximum absolute atomic E-state index is 5.43. The van der Waals surface area contributed by atoms with Gasteiger partial charge in [-0.2, -0.15) is 0 Å². The van der Waals surface area contributed by atoms with Gasteiger partial charge in [-0.3, -0.25) is 0 Å². The van der Waals surface area contributed by atoms with Crippen LogP contribution in [0.2, 0.25) is 0 Å². The Balaban J connectivity index is 0.906. The van der Waals surface area contributed by atoms with E-state index in [0.29, 0.717) is 0 Å². The van der Waals surface area contributed by atoms with Gasteiger partial charge in [-0.05, 0) is 241 Å². The summed E-state index contributed by atoms with van der Waals surface area (Å²) in [4.78, 5) is 15.9. The molecule has 15 aromatic rings. The normalized spacial score (nSPS) is 12.3. The van der Waals surface area contributed by atoms with Crippen LogP contribution in [0.25, 0.3) is 106 Å². The van der Waals surface area contributed by atoms with Crippen LogP contribution < -0.4 is 26.2 Å². The van der Waals surface area contributed by atoms with Crippen molar-refractivity contribution in [1.82, 2.24) is 14.5 Å². The van der Waals surface area contributed by atoms with Crippen LogP contribution in [0, 0.1) is 7.14 Å². The Labute approximate surface area is 601 Å². The zero-order valence-corrected chi connectivity index (χ0v) is 59.0. The molecule has 98 heavy (non-hydrogen) atoms. The number of unbranched alkanes of at least 4 members (excludes halogenated alkanes) is 2. The number of para-hydroxylation sites is 3. The highest BCUT2D eigenvalue weighted by atomic mass is 127. The molecule has 2 aliphatic heterocycles. The van der Waals surface area contributed by atoms with Crippen LogP contribution in [0.3, 0.4) is 0 Å². The predicted octanol–water partition coefficient (Wildman–Crippen LogP) is 23.2. The summed E-state index contributed by atoms with van der Waals surface area (Å²) in [6.07, 6.45) is 6.63. The maximum Gasteiger partial charge on any atom is 0.252 e. The van der Waals surface area contributed by atoms with Crippen molar-refractivity contribution in [2.24, 2.45) is 0 Å². The predicted molar refractivity (Wildman–Crippen MR) is 431 cm³/mol. The molecule has 0 bridgehead atoms. The molecule has 470 valence electrons. The van der Waals surface area contributed by atoms with E-state index in [1.54, 1.807) is 0 Å². The van der Waals surface area contributed by atoms with Crippen LogP contribution in [0.1, 0.15) is 50.7 Å². The smallest absolute Gasteiger partial charge is 0.252 e. The number of aromatic nitrogens is 3. The number of halogens is 2. The molecule has 0 fully saturated rings. The summed E-state index contributed by atoms with van der Waals surface area (Å²) < 4.78 is 4.99. The van der Waals surface area contributed by atoms with E-state index in [4.69, 9.17) is 9.97 Å². The highest BCUT2D eigenvalue weighted by molar-refractivity contribution is 14.1. The van der Waals surface area contributed by atoms with Crippen LogP contribution in [0.5, 0.6) is 0 Å². The molecular formula is C90H68BI2N5. The van der Waals surface area contributed by atoms with Crippen LogP contribution >= 0.6 is 45.2 Å². The van der Waals surface area contributed by atoms with Crippen molar-refractivity contribution in [3.63, 3.8) is 0 Å². The second kappa shape index (κ2) is 26.4. The molecule has 0 radical (unpaired) electrons. The van der Waals surface area contributed by atoms with Gasteiger partial charge in [0.15, 0.2) is 0 Å². The molecule has 3 aromatic heterocycles. The fourth-order valence-corrected chi connectivity index (χ4v) is 16.6. The Morgan fingerprint density at radius 2 is 0.735 bits per heavy atom. The second-order valence-electron chi connectivity index (χ2n) is 26.0. The Bertz CT molecular complexity index is 5290.